The fraction of sp³-hybridized carbons (Fsp3) is 0.632. The van der Waals surface area contributed by atoms with Crippen LogP contribution in [0.25, 0.3) is 0 Å². The van der Waals surface area contributed by atoms with Crippen molar-refractivity contribution in [2.75, 3.05) is 12.3 Å². The predicted molar refractivity (Wildman–Crippen MR) is 100 cm³/mol. The van der Waals surface area contributed by atoms with Gasteiger partial charge in [0.25, 0.3) is 5.91 Å². The Balaban J connectivity index is 2.43. The van der Waals surface area contributed by atoms with E-state index in [1.807, 2.05) is 23.9 Å². The SMILES string of the molecule is C[C@@H](Oc1ccc(C(C)(C)C)cc1)C(=O)NCCSC(C)(C)C. The van der Waals surface area contributed by atoms with Crippen molar-refractivity contribution in [3.63, 3.8) is 0 Å². The van der Waals surface area contributed by atoms with E-state index >= 15 is 0 Å². The van der Waals surface area contributed by atoms with Crippen LogP contribution in [0.1, 0.15) is 54.0 Å². The highest BCUT2D eigenvalue weighted by Gasteiger charge is 2.17. The van der Waals surface area contributed by atoms with Crippen LogP contribution in [0.3, 0.4) is 0 Å². The molecule has 23 heavy (non-hydrogen) atoms. The summed E-state index contributed by atoms with van der Waals surface area (Å²) in [6.07, 6.45) is -0.491. The zero-order valence-electron chi connectivity index (χ0n) is 15.5. The van der Waals surface area contributed by atoms with Crippen molar-refractivity contribution in [3.8, 4) is 5.75 Å². The molecule has 1 aromatic carbocycles. The monoisotopic (exact) mass is 337 g/mol. The van der Waals surface area contributed by atoms with Gasteiger partial charge in [-0.05, 0) is 30.0 Å². The van der Waals surface area contributed by atoms with Crippen molar-refractivity contribution < 1.29 is 9.53 Å². The quantitative estimate of drug-likeness (QED) is 0.782. The number of amides is 1. The maximum Gasteiger partial charge on any atom is 0.260 e. The predicted octanol–water partition coefficient (Wildman–Crippen LogP) is 4.40. The summed E-state index contributed by atoms with van der Waals surface area (Å²) < 4.78 is 5.95. The topological polar surface area (TPSA) is 38.3 Å². The summed E-state index contributed by atoms with van der Waals surface area (Å²) in [5.74, 6) is 1.56. The summed E-state index contributed by atoms with van der Waals surface area (Å²) in [7, 11) is 0. The summed E-state index contributed by atoms with van der Waals surface area (Å²) >= 11 is 1.84. The number of ether oxygens (including phenoxy) is 1. The summed E-state index contributed by atoms with van der Waals surface area (Å²) in [5.41, 5.74) is 1.37. The summed E-state index contributed by atoms with van der Waals surface area (Å²) in [6.45, 7) is 15.5. The third-order valence-corrected chi connectivity index (χ3v) is 4.61. The molecule has 0 aromatic heterocycles. The van der Waals surface area contributed by atoms with Crippen LogP contribution in [-0.4, -0.2) is 29.1 Å². The number of carbonyl (C=O) groups is 1. The van der Waals surface area contributed by atoms with E-state index in [1.165, 1.54) is 5.56 Å². The molecular formula is C19H31NO2S. The van der Waals surface area contributed by atoms with E-state index in [2.05, 4.69) is 59.0 Å². The van der Waals surface area contributed by atoms with Crippen LogP contribution in [-0.2, 0) is 10.2 Å². The van der Waals surface area contributed by atoms with Crippen LogP contribution in [0.2, 0.25) is 0 Å². The third-order valence-electron chi connectivity index (χ3n) is 3.34. The molecule has 0 fully saturated rings. The molecule has 1 aromatic rings. The number of rotatable bonds is 6. The second-order valence-electron chi connectivity index (χ2n) is 7.79. The molecule has 0 bridgehead atoms. The van der Waals surface area contributed by atoms with Gasteiger partial charge < -0.3 is 10.1 Å². The second kappa shape index (κ2) is 8.09. The van der Waals surface area contributed by atoms with E-state index in [0.717, 1.165) is 11.5 Å². The van der Waals surface area contributed by atoms with E-state index in [4.69, 9.17) is 4.74 Å². The molecule has 0 aliphatic carbocycles. The lowest BCUT2D eigenvalue weighted by atomic mass is 9.87. The number of nitrogens with one attached hydrogen (secondary N) is 1. The Bertz CT molecular complexity index is 498. The minimum atomic E-state index is -0.491. The van der Waals surface area contributed by atoms with Crippen LogP contribution >= 0.6 is 11.8 Å². The van der Waals surface area contributed by atoms with Gasteiger partial charge in [-0.2, -0.15) is 11.8 Å². The largest absolute Gasteiger partial charge is 0.481 e. The fourth-order valence-corrected chi connectivity index (χ4v) is 2.78. The van der Waals surface area contributed by atoms with E-state index in [9.17, 15) is 4.79 Å². The molecule has 0 heterocycles. The first-order chi connectivity index (χ1) is 10.5. The molecule has 0 unspecified atom stereocenters. The molecule has 130 valence electrons. The molecule has 0 aliphatic heterocycles. The average molecular weight is 338 g/mol. The number of benzene rings is 1. The van der Waals surface area contributed by atoms with Crippen molar-refractivity contribution in [1.82, 2.24) is 5.32 Å². The number of hydrogen-bond acceptors (Lipinski definition) is 3. The van der Waals surface area contributed by atoms with Gasteiger partial charge in [-0.25, -0.2) is 0 Å². The van der Waals surface area contributed by atoms with Crippen molar-refractivity contribution in [2.24, 2.45) is 0 Å². The minimum absolute atomic E-state index is 0.0700. The zero-order chi connectivity index (χ0) is 17.7. The van der Waals surface area contributed by atoms with Gasteiger partial charge in [0, 0.05) is 17.0 Å². The normalized spacial score (nSPS) is 13.5. The molecule has 1 rings (SSSR count). The second-order valence-corrected chi connectivity index (χ2v) is 9.71. The molecule has 0 saturated carbocycles. The van der Waals surface area contributed by atoms with E-state index in [1.54, 1.807) is 6.92 Å². The Morgan fingerprint density at radius 3 is 2.17 bits per heavy atom. The van der Waals surface area contributed by atoms with Gasteiger partial charge in [-0.3, -0.25) is 4.79 Å². The van der Waals surface area contributed by atoms with Crippen molar-refractivity contribution in [2.45, 2.75) is 64.7 Å². The highest BCUT2D eigenvalue weighted by atomic mass is 32.2. The van der Waals surface area contributed by atoms with Gasteiger partial charge in [0.2, 0.25) is 0 Å². The molecule has 0 spiro atoms. The lowest BCUT2D eigenvalue weighted by Crippen LogP contribution is -2.37. The maximum atomic E-state index is 12.1. The first-order valence-corrected chi connectivity index (χ1v) is 9.16. The summed E-state index contributed by atoms with van der Waals surface area (Å²) in [4.78, 5) is 12.1. The van der Waals surface area contributed by atoms with Crippen molar-refractivity contribution in [3.05, 3.63) is 29.8 Å². The maximum absolute atomic E-state index is 12.1. The summed E-state index contributed by atoms with van der Waals surface area (Å²) in [5, 5.41) is 2.93. The van der Waals surface area contributed by atoms with Crippen LogP contribution in [0.5, 0.6) is 5.75 Å². The Morgan fingerprint density at radius 2 is 1.70 bits per heavy atom. The fourth-order valence-electron chi connectivity index (χ4n) is 1.97. The van der Waals surface area contributed by atoms with E-state index in [0.29, 0.717) is 6.54 Å². The van der Waals surface area contributed by atoms with Crippen LogP contribution < -0.4 is 10.1 Å². The highest BCUT2D eigenvalue weighted by Crippen LogP contribution is 2.25. The van der Waals surface area contributed by atoms with Gasteiger partial charge in [0.05, 0.1) is 0 Å². The minimum Gasteiger partial charge on any atom is -0.481 e. The first-order valence-electron chi connectivity index (χ1n) is 8.18. The number of thioether (sulfide) groups is 1. The molecule has 3 nitrogen and oxygen atoms in total. The van der Waals surface area contributed by atoms with Crippen LogP contribution in [0.4, 0.5) is 0 Å². The lowest BCUT2D eigenvalue weighted by Gasteiger charge is -2.20. The average Bonchev–Trinajstić information content (AvgIpc) is 2.42. The summed E-state index contributed by atoms with van der Waals surface area (Å²) in [6, 6.07) is 7.97. The molecule has 0 radical (unpaired) electrons. The molecule has 1 N–H and O–H groups in total. The van der Waals surface area contributed by atoms with Gasteiger partial charge >= 0.3 is 0 Å². The molecule has 0 aliphatic rings. The van der Waals surface area contributed by atoms with Gasteiger partial charge in [0.15, 0.2) is 6.10 Å². The van der Waals surface area contributed by atoms with Crippen molar-refractivity contribution in [1.29, 1.82) is 0 Å². The standard InChI is InChI=1S/C19H31NO2S/c1-14(17(21)20-12-13-23-19(5,6)7)22-16-10-8-15(9-11-16)18(2,3)4/h8-11,14H,12-13H2,1-7H3,(H,20,21)/t14-/m1/s1. The first kappa shape index (κ1) is 19.9. The molecule has 1 amide bonds. The zero-order valence-corrected chi connectivity index (χ0v) is 16.3. The molecular weight excluding hydrogens is 306 g/mol. The Morgan fingerprint density at radius 1 is 1.13 bits per heavy atom. The van der Waals surface area contributed by atoms with Crippen LogP contribution in [0.15, 0.2) is 24.3 Å². The van der Waals surface area contributed by atoms with E-state index < -0.39 is 6.10 Å². The Hall–Kier alpha value is -1.16. The number of carbonyl (C=O) groups excluding carboxylic acids is 1. The van der Waals surface area contributed by atoms with Crippen LogP contribution in [0, 0.1) is 0 Å². The van der Waals surface area contributed by atoms with Gasteiger partial charge in [-0.15, -0.1) is 0 Å². The van der Waals surface area contributed by atoms with E-state index in [-0.39, 0.29) is 16.1 Å². The van der Waals surface area contributed by atoms with Crippen molar-refractivity contribution >= 4 is 17.7 Å². The Labute approximate surface area is 145 Å². The Kier molecular flexibility index (Phi) is 7.00. The highest BCUT2D eigenvalue weighted by molar-refractivity contribution is 8.00. The smallest absolute Gasteiger partial charge is 0.260 e. The third kappa shape index (κ3) is 7.78. The molecule has 0 saturated heterocycles. The molecule has 4 heteroatoms. The molecule has 1 atom stereocenters. The number of hydrogen-bond donors (Lipinski definition) is 1. The lowest BCUT2D eigenvalue weighted by molar-refractivity contribution is -0.127. The van der Waals surface area contributed by atoms with Gasteiger partial charge in [-0.1, -0.05) is 53.7 Å². The van der Waals surface area contributed by atoms with Gasteiger partial charge in [0.1, 0.15) is 5.75 Å².